The van der Waals surface area contributed by atoms with Gasteiger partial charge >= 0.3 is 0 Å². The predicted molar refractivity (Wildman–Crippen MR) is 219 cm³/mol. The number of thiophene rings is 1. The summed E-state index contributed by atoms with van der Waals surface area (Å²) in [7, 11) is 0. The molecule has 0 N–H and O–H groups in total. The molecule has 0 aliphatic rings. The number of fused-ring (bicyclic) bond motifs is 10. The van der Waals surface area contributed by atoms with Gasteiger partial charge in [0.25, 0.3) is 0 Å². The standard InChI is InChI=1S/C48H30N2S/c1-3-12-31(13-4-1)33-24-27-40-44(30-33)50(34-14-5-2-6-15-34)43-29-28-42-46(47(40)43)39-17-7-9-20-41(39)49(42)35-25-22-32(23-26-35)36-18-11-19-38-37-16-8-10-21-45(37)51-48(36)38/h1-30H. The minimum atomic E-state index is 1.16. The van der Waals surface area contributed by atoms with E-state index < -0.39 is 0 Å². The second kappa shape index (κ2) is 11.0. The van der Waals surface area contributed by atoms with Crippen molar-refractivity contribution in [3.63, 3.8) is 0 Å². The van der Waals surface area contributed by atoms with Gasteiger partial charge in [0.15, 0.2) is 0 Å². The zero-order valence-corrected chi connectivity index (χ0v) is 28.4. The van der Waals surface area contributed by atoms with Crippen LogP contribution in [0.2, 0.25) is 0 Å². The molecule has 0 amide bonds. The number of para-hydroxylation sites is 2. The molecule has 8 aromatic carbocycles. The molecule has 0 fully saturated rings. The van der Waals surface area contributed by atoms with Crippen LogP contribution in [0.1, 0.15) is 0 Å². The van der Waals surface area contributed by atoms with Gasteiger partial charge in [-0.05, 0) is 76.9 Å². The molecule has 238 valence electrons. The van der Waals surface area contributed by atoms with Gasteiger partial charge in [0.2, 0.25) is 0 Å². The van der Waals surface area contributed by atoms with Gasteiger partial charge in [0.05, 0.1) is 22.1 Å². The van der Waals surface area contributed by atoms with Crippen LogP contribution in [-0.4, -0.2) is 9.13 Å². The first kappa shape index (κ1) is 28.4. The van der Waals surface area contributed by atoms with E-state index in [4.69, 9.17) is 0 Å². The smallest absolute Gasteiger partial charge is 0.0548 e. The summed E-state index contributed by atoms with van der Waals surface area (Å²) in [5, 5.41) is 7.75. The number of rotatable bonds is 4. The minimum absolute atomic E-state index is 1.16. The Morgan fingerprint density at radius 1 is 0.333 bits per heavy atom. The van der Waals surface area contributed by atoms with Crippen molar-refractivity contribution in [2.45, 2.75) is 0 Å². The van der Waals surface area contributed by atoms with Crippen LogP contribution >= 0.6 is 11.3 Å². The maximum Gasteiger partial charge on any atom is 0.0548 e. The Labute approximate surface area is 298 Å². The van der Waals surface area contributed by atoms with Crippen molar-refractivity contribution in [1.29, 1.82) is 0 Å². The van der Waals surface area contributed by atoms with Gasteiger partial charge in [-0.15, -0.1) is 11.3 Å². The molecule has 11 aromatic rings. The number of hydrogen-bond donors (Lipinski definition) is 0. The molecule has 3 heterocycles. The molecule has 0 atom stereocenters. The van der Waals surface area contributed by atoms with Gasteiger partial charge < -0.3 is 9.13 Å². The Morgan fingerprint density at radius 2 is 0.922 bits per heavy atom. The Balaban J connectivity index is 1.15. The Hall–Kier alpha value is -6.42. The zero-order chi connectivity index (χ0) is 33.5. The van der Waals surface area contributed by atoms with Crippen molar-refractivity contribution in [3.8, 4) is 33.6 Å². The second-order valence-electron chi connectivity index (χ2n) is 13.3. The topological polar surface area (TPSA) is 9.86 Å². The van der Waals surface area contributed by atoms with E-state index in [1.54, 1.807) is 0 Å². The van der Waals surface area contributed by atoms with Crippen LogP contribution in [0.15, 0.2) is 182 Å². The monoisotopic (exact) mass is 666 g/mol. The molecular formula is C48H30N2S. The highest BCUT2D eigenvalue weighted by atomic mass is 32.1. The fourth-order valence-electron chi connectivity index (χ4n) is 8.27. The van der Waals surface area contributed by atoms with E-state index in [-0.39, 0.29) is 0 Å². The SMILES string of the molecule is c1ccc(-c2ccc3c4c5c6ccccc6n(-c6ccc(-c7cccc8c7sc7ccccc78)cc6)c5ccc4n(-c4ccccc4)c3c2)cc1. The van der Waals surface area contributed by atoms with Crippen LogP contribution in [0.3, 0.4) is 0 Å². The maximum absolute atomic E-state index is 2.44. The van der Waals surface area contributed by atoms with Crippen molar-refractivity contribution in [2.75, 3.05) is 0 Å². The van der Waals surface area contributed by atoms with E-state index in [9.17, 15) is 0 Å². The molecule has 3 heteroatoms. The van der Waals surface area contributed by atoms with Crippen molar-refractivity contribution in [3.05, 3.63) is 182 Å². The second-order valence-corrected chi connectivity index (χ2v) is 14.4. The average Bonchev–Trinajstić information content (AvgIpc) is 3.86. The summed E-state index contributed by atoms with van der Waals surface area (Å²) < 4.78 is 7.55. The summed E-state index contributed by atoms with van der Waals surface area (Å²) >= 11 is 1.88. The molecular weight excluding hydrogens is 637 g/mol. The third kappa shape index (κ3) is 4.22. The van der Waals surface area contributed by atoms with Crippen LogP contribution in [0.25, 0.3) is 97.4 Å². The predicted octanol–water partition coefficient (Wildman–Crippen LogP) is 13.6. The van der Waals surface area contributed by atoms with Gasteiger partial charge in [-0.25, -0.2) is 0 Å². The molecule has 0 aliphatic carbocycles. The van der Waals surface area contributed by atoms with Crippen LogP contribution in [-0.2, 0) is 0 Å². The summed E-state index contributed by atoms with van der Waals surface area (Å²) in [5.74, 6) is 0. The zero-order valence-electron chi connectivity index (χ0n) is 27.6. The maximum atomic E-state index is 2.44. The largest absolute Gasteiger partial charge is 0.309 e. The molecule has 0 radical (unpaired) electrons. The van der Waals surface area contributed by atoms with Crippen molar-refractivity contribution in [1.82, 2.24) is 9.13 Å². The van der Waals surface area contributed by atoms with Gasteiger partial charge in [-0.3, -0.25) is 0 Å². The first-order valence-electron chi connectivity index (χ1n) is 17.4. The van der Waals surface area contributed by atoms with Crippen molar-refractivity contribution in [2.24, 2.45) is 0 Å². The third-order valence-corrected chi connectivity index (χ3v) is 11.7. The highest BCUT2D eigenvalue weighted by Gasteiger charge is 2.21. The van der Waals surface area contributed by atoms with E-state index >= 15 is 0 Å². The quantitative estimate of drug-likeness (QED) is 0.177. The molecule has 0 unspecified atom stereocenters. The first-order chi connectivity index (χ1) is 25.3. The summed E-state index contributed by atoms with van der Waals surface area (Å²) in [6.45, 7) is 0. The van der Waals surface area contributed by atoms with Gasteiger partial charge in [0, 0.05) is 53.1 Å². The van der Waals surface area contributed by atoms with Crippen LogP contribution in [0.5, 0.6) is 0 Å². The van der Waals surface area contributed by atoms with Crippen LogP contribution in [0, 0.1) is 0 Å². The summed E-state index contributed by atoms with van der Waals surface area (Å²) in [5.41, 5.74) is 12.1. The number of aromatic nitrogens is 2. The Morgan fingerprint density at radius 3 is 1.71 bits per heavy atom. The Bertz CT molecular complexity index is 3110. The molecule has 0 aliphatic heterocycles. The van der Waals surface area contributed by atoms with Crippen molar-refractivity contribution >= 4 is 75.1 Å². The fraction of sp³-hybridized carbons (Fsp3) is 0. The molecule has 0 saturated carbocycles. The molecule has 51 heavy (non-hydrogen) atoms. The molecule has 11 rings (SSSR count). The van der Waals surface area contributed by atoms with Gasteiger partial charge in [-0.1, -0.05) is 127 Å². The van der Waals surface area contributed by atoms with E-state index in [1.165, 1.54) is 86.0 Å². The van der Waals surface area contributed by atoms with Crippen molar-refractivity contribution < 1.29 is 0 Å². The fourth-order valence-corrected chi connectivity index (χ4v) is 9.51. The lowest BCUT2D eigenvalue weighted by Gasteiger charge is -2.11. The van der Waals surface area contributed by atoms with Crippen LogP contribution in [0.4, 0.5) is 0 Å². The summed E-state index contributed by atoms with van der Waals surface area (Å²) in [6, 6.07) is 66.5. The lowest BCUT2D eigenvalue weighted by molar-refractivity contribution is 1.17. The summed E-state index contributed by atoms with van der Waals surface area (Å²) in [4.78, 5) is 0. The minimum Gasteiger partial charge on any atom is -0.309 e. The molecule has 0 bridgehead atoms. The average molecular weight is 667 g/mol. The molecule has 2 nitrogen and oxygen atoms in total. The summed E-state index contributed by atoms with van der Waals surface area (Å²) in [6.07, 6.45) is 0. The van der Waals surface area contributed by atoms with Gasteiger partial charge in [0.1, 0.15) is 0 Å². The lowest BCUT2D eigenvalue weighted by atomic mass is 10.0. The molecule has 0 spiro atoms. The van der Waals surface area contributed by atoms with E-state index in [1.807, 2.05) is 11.3 Å². The Kier molecular flexibility index (Phi) is 6.16. The number of hydrogen-bond acceptors (Lipinski definition) is 1. The lowest BCUT2D eigenvalue weighted by Crippen LogP contribution is -1.95. The van der Waals surface area contributed by atoms with Crippen LogP contribution < -0.4 is 0 Å². The molecule has 3 aromatic heterocycles. The van der Waals surface area contributed by atoms with E-state index in [0.29, 0.717) is 0 Å². The first-order valence-corrected chi connectivity index (χ1v) is 18.3. The van der Waals surface area contributed by atoms with E-state index in [0.717, 1.165) is 11.4 Å². The number of nitrogens with zero attached hydrogens (tertiary/aromatic N) is 2. The normalized spacial score (nSPS) is 11.9. The van der Waals surface area contributed by atoms with Gasteiger partial charge in [-0.2, -0.15) is 0 Å². The number of benzene rings is 8. The molecule has 0 saturated heterocycles. The van der Waals surface area contributed by atoms with E-state index in [2.05, 4.69) is 191 Å². The highest BCUT2D eigenvalue weighted by molar-refractivity contribution is 7.26. The highest BCUT2D eigenvalue weighted by Crippen LogP contribution is 2.44. The third-order valence-electron chi connectivity index (χ3n) is 10.5.